The molecule has 5 heteroatoms. The number of hydrogen-bond donors (Lipinski definition) is 0. The van der Waals surface area contributed by atoms with Crippen molar-refractivity contribution in [1.82, 2.24) is 0 Å². The molecule has 0 aromatic heterocycles. The molecule has 0 fully saturated rings. The van der Waals surface area contributed by atoms with Crippen LogP contribution in [0.15, 0.2) is 28.7 Å². The Hall–Kier alpha value is -0.550. The Kier molecular flexibility index (Phi) is 4.16. The average Bonchev–Trinajstić information content (AvgIpc) is 2.15. The molecule has 0 bridgehead atoms. The van der Waals surface area contributed by atoms with E-state index in [1.54, 1.807) is 32.0 Å². The second-order valence-electron chi connectivity index (χ2n) is 3.43. The molecule has 0 unspecified atom stereocenters. The number of ether oxygens (including phenoxy) is 1. The first-order valence-corrected chi connectivity index (χ1v) is 7.02. The number of rotatable bonds is 4. The molecule has 0 saturated carbocycles. The molecule has 0 aliphatic heterocycles. The predicted molar refractivity (Wildman–Crippen MR) is 63.7 cm³/mol. The van der Waals surface area contributed by atoms with Crippen molar-refractivity contribution in [3.8, 4) is 5.75 Å². The number of benzene rings is 1. The van der Waals surface area contributed by atoms with E-state index >= 15 is 0 Å². The fourth-order valence-corrected chi connectivity index (χ4v) is 1.79. The monoisotopic (exact) mass is 292 g/mol. The van der Waals surface area contributed by atoms with E-state index in [0.717, 1.165) is 4.47 Å². The summed E-state index contributed by atoms with van der Waals surface area (Å²) in [5, 5.41) is -0.412. The zero-order valence-corrected chi connectivity index (χ0v) is 11.0. The fourth-order valence-electron chi connectivity index (χ4n) is 0.843. The van der Waals surface area contributed by atoms with Gasteiger partial charge in [0.2, 0.25) is 0 Å². The van der Waals surface area contributed by atoms with Crippen molar-refractivity contribution in [3.05, 3.63) is 28.7 Å². The highest BCUT2D eigenvalue weighted by molar-refractivity contribution is 9.10. The summed E-state index contributed by atoms with van der Waals surface area (Å²) in [5.74, 6) is 0.273. The SMILES string of the molecule is CC(C)S(=O)(=O)COc1cccc(Br)c1. The molecule has 0 amide bonds. The van der Waals surface area contributed by atoms with E-state index in [-0.39, 0.29) is 5.94 Å². The van der Waals surface area contributed by atoms with Gasteiger partial charge in [-0.1, -0.05) is 22.0 Å². The molecule has 0 aliphatic carbocycles. The van der Waals surface area contributed by atoms with Gasteiger partial charge in [-0.25, -0.2) is 8.42 Å². The van der Waals surface area contributed by atoms with Crippen LogP contribution in [0.1, 0.15) is 13.8 Å². The Morgan fingerprint density at radius 1 is 1.40 bits per heavy atom. The molecule has 0 spiro atoms. The third-order valence-corrected chi connectivity index (χ3v) is 4.28. The Morgan fingerprint density at radius 3 is 2.60 bits per heavy atom. The summed E-state index contributed by atoms with van der Waals surface area (Å²) < 4.78 is 29.0. The minimum Gasteiger partial charge on any atom is -0.478 e. The van der Waals surface area contributed by atoms with Gasteiger partial charge in [-0.3, -0.25) is 0 Å². The highest BCUT2D eigenvalue weighted by Gasteiger charge is 2.16. The van der Waals surface area contributed by atoms with Crippen LogP contribution >= 0.6 is 15.9 Å². The maximum absolute atomic E-state index is 11.5. The van der Waals surface area contributed by atoms with Gasteiger partial charge in [0, 0.05) is 4.47 Å². The van der Waals surface area contributed by atoms with Crippen LogP contribution < -0.4 is 4.74 Å². The van der Waals surface area contributed by atoms with Gasteiger partial charge in [-0.2, -0.15) is 0 Å². The summed E-state index contributed by atoms with van der Waals surface area (Å²) in [6, 6.07) is 7.10. The first kappa shape index (κ1) is 12.5. The van der Waals surface area contributed by atoms with Crippen LogP contribution in [-0.4, -0.2) is 19.6 Å². The topological polar surface area (TPSA) is 43.4 Å². The second-order valence-corrected chi connectivity index (χ2v) is 6.85. The minimum atomic E-state index is -3.15. The molecule has 0 saturated heterocycles. The van der Waals surface area contributed by atoms with Gasteiger partial charge in [-0.15, -0.1) is 0 Å². The van der Waals surface area contributed by atoms with Crippen molar-refractivity contribution < 1.29 is 13.2 Å². The molecule has 1 aromatic rings. The van der Waals surface area contributed by atoms with Crippen LogP contribution in [0.5, 0.6) is 5.75 Å². The number of sulfone groups is 1. The molecule has 0 atom stereocenters. The van der Waals surface area contributed by atoms with Crippen LogP contribution in [0.25, 0.3) is 0 Å². The zero-order valence-electron chi connectivity index (χ0n) is 8.60. The van der Waals surface area contributed by atoms with Gasteiger partial charge in [0.25, 0.3) is 0 Å². The van der Waals surface area contributed by atoms with Gasteiger partial charge in [0.15, 0.2) is 15.8 Å². The van der Waals surface area contributed by atoms with E-state index in [0.29, 0.717) is 5.75 Å². The highest BCUT2D eigenvalue weighted by atomic mass is 79.9. The Bertz CT molecular complexity index is 426. The first-order valence-electron chi connectivity index (χ1n) is 4.52. The van der Waals surface area contributed by atoms with Gasteiger partial charge in [0.05, 0.1) is 5.25 Å². The normalized spacial score (nSPS) is 11.7. The lowest BCUT2D eigenvalue weighted by Gasteiger charge is -2.09. The van der Waals surface area contributed by atoms with Crippen LogP contribution in [-0.2, 0) is 9.84 Å². The second kappa shape index (κ2) is 4.99. The average molecular weight is 293 g/mol. The standard InChI is InChI=1S/C10H13BrO3S/c1-8(2)15(12,13)7-14-10-5-3-4-9(11)6-10/h3-6,8H,7H2,1-2H3. The molecular formula is C10H13BrO3S. The summed E-state index contributed by atoms with van der Waals surface area (Å²) in [5.41, 5.74) is 0. The molecule has 1 rings (SSSR count). The van der Waals surface area contributed by atoms with Crippen LogP contribution in [0, 0.1) is 0 Å². The van der Waals surface area contributed by atoms with Crippen LogP contribution in [0.3, 0.4) is 0 Å². The summed E-state index contributed by atoms with van der Waals surface area (Å²) >= 11 is 3.28. The zero-order chi connectivity index (χ0) is 11.5. The Morgan fingerprint density at radius 2 is 2.07 bits per heavy atom. The fraction of sp³-hybridized carbons (Fsp3) is 0.400. The molecule has 1 aromatic carbocycles. The summed E-state index contributed by atoms with van der Waals surface area (Å²) in [7, 11) is -3.15. The van der Waals surface area contributed by atoms with Gasteiger partial charge in [-0.05, 0) is 32.0 Å². The molecule has 0 N–H and O–H groups in total. The van der Waals surface area contributed by atoms with Crippen molar-refractivity contribution in [2.75, 3.05) is 5.94 Å². The van der Waals surface area contributed by atoms with E-state index in [4.69, 9.17) is 4.74 Å². The van der Waals surface area contributed by atoms with Crippen LogP contribution in [0.2, 0.25) is 0 Å². The van der Waals surface area contributed by atoms with E-state index < -0.39 is 15.1 Å². The highest BCUT2D eigenvalue weighted by Crippen LogP contribution is 2.18. The third-order valence-electron chi connectivity index (χ3n) is 1.90. The molecule has 3 nitrogen and oxygen atoms in total. The van der Waals surface area contributed by atoms with Crippen molar-refractivity contribution in [3.63, 3.8) is 0 Å². The Balaban J connectivity index is 2.66. The molecule has 0 aliphatic rings. The molecule has 84 valence electrons. The maximum atomic E-state index is 11.5. The van der Waals surface area contributed by atoms with Gasteiger partial charge in [0.1, 0.15) is 5.75 Å². The Labute approximate surface area is 98.5 Å². The van der Waals surface area contributed by atoms with Crippen molar-refractivity contribution in [2.24, 2.45) is 0 Å². The molecular weight excluding hydrogens is 280 g/mol. The van der Waals surface area contributed by atoms with E-state index in [1.165, 1.54) is 0 Å². The predicted octanol–water partition coefficient (Wildman–Crippen LogP) is 2.61. The minimum absolute atomic E-state index is 0.277. The quantitative estimate of drug-likeness (QED) is 0.857. The largest absolute Gasteiger partial charge is 0.478 e. The third kappa shape index (κ3) is 3.83. The maximum Gasteiger partial charge on any atom is 0.189 e. The first-order chi connectivity index (χ1) is 6.92. The van der Waals surface area contributed by atoms with Gasteiger partial charge < -0.3 is 4.74 Å². The summed E-state index contributed by atoms with van der Waals surface area (Å²) in [4.78, 5) is 0. The number of hydrogen-bond acceptors (Lipinski definition) is 3. The molecule has 0 radical (unpaired) electrons. The van der Waals surface area contributed by atoms with Crippen LogP contribution in [0.4, 0.5) is 0 Å². The van der Waals surface area contributed by atoms with Gasteiger partial charge >= 0.3 is 0 Å². The van der Waals surface area contributed by atoms with Crippen molar-refractivity contribution in [1.29, 1.82) is 0 Å². The number of halogens is 1. The van der Waals surface area contributed by atoms with Crippen molar-refractivity contribution in [2.45, 2.75) is 19.1 Å². The lowest BCUT2D eigenvalue weighted by Crippen LogP contribution is -2.21. The summed E-state index contributed by atoms with van der Waals surface area (Å²) in [6.07, 6.45) is 0. The lowest BCUT2D eigenvalue weighted by atomic mass is 10.3. The lowest BCUT2D eigenvalue weighted by molar-refractivity contribution is 0.375. The smallest absolute Gasteiger partial charge is 0.189 e. The molecule has 0 heterocycles. The molecule has 15 heavy (non-hydrogen) atoms. The summed E-state index contributed by atoms with van der Waals surface area (Å²) in [6.45, 7) is 3.28. The van der Waals surface area contributed by atoms with E-state index in [9.17, 15) is 8.42 Å². The van der Waals surface area contributed by atoms with E-state index in [2.05, 4.69) is 15.9 Å². The van der Waals surface area contributed by atoms with E-state index in [1.807, 2.05) is 6.07 Å². The van der Waals surface area contributed by atoms with Crippen molar-refractivity contribution >= 4 is 25.8 Å².